The third kappa shape index (κ3) is 3.47. The SMILES string of the molecule is Cc1cccc(C(=O)NCC2COC3(CCC(C)CC3)O2)n1. The van der Waals surface area contributed by atoms with Gasteiger partial charge < -0.3 is 14.8 Å². The van der Waals surface area contributed by atoms with E-state index >= 15 is 0 Å². The van der Waals surface area contributed by atoms with Gasteiger partial charge in [-0.25, -0.2) is 4.98 Å². The molecule has 1 aromatic rings. The second-order valence-electron chi connectivity index (χ2n) is 6.52. The van der Waals surface area contributed by atoms with Gasteiger partial charge in [-0.1, -0.05) is 13.0 Å². The summed E-state index contributed by atoms with van der Waals surface area (Å²) in [6.45, 7) is 5.16. The lowest BCUT2D eigenvalue weighted by Gasteiger charge is -2.34. The lowest BCUT2D eigenvalue weighted by molar-refractivity contribution is -0.191. The van der Waals surface area contributed by atoms with E-state index < -0.39 is 5.79 Å². The number of carbonyl (C=O) groups excluding carboxylic acids is 1. The number of hydrogen-bond donors (Lipinski definition) is 1. The number of aromatic nitrogens is 1. The third-order valence-electron chi connectivity index (χ3n) is 4.56. The van der Waals surface area contributed by atoms with E-state index in [1.165, 1.54) is 0 Å². The van der Waals surface area contributed by atoms with Crippen LogP contribution in [0.2, 0.25) is 0 Å². The third-order valence-corrected chi connectivity index (χ3v) is 4.56. The van der Waals surface area contributed by atoms with E-state index in [0.29, 0.717) is 18.8 Å². The van der Waals surface area contributed by atoms with Crippen molar-refractivity contribution < 1.29 is 14.3 Å². The fourth-order valence-electron chi connectivity index (χ4n) is 3.15. The van der Waals surface area contributed by atoms with E-state index in [0.717, 1.165) is 37.3 Å². The van der Waals surface area contributed by atoms with Gasteiger partial charge in [-0.15, -0.1) is 0 Å². The fraction of sp³-hybridized carbons (Fsp3) is 0.647. The highest BCUT2D eigenvalue weighted by atomic mass is 16.7. The topological polar surface area (TPSA) is 60.5 Å². The molecule has 1 aromatic heterocycles. The minimum absolute atomic E-state index is 0.0674. The Hall–Kier alpha value is -1.46. The predicted molar refractivity (Wildman–Crippen MR) is 82.5 cm³/mol. The van der Waals surface area contributed by atoms with Crippen LogP contribution < -0.4 is 5.32 Å². The van der Waals surface area contributed by atoms with E-state index in [-0.39, 0.29) is 12.0 Å². The molecule has 1 unspecified atom stereocenters. The highest BCUT2D eigenvalue weighted by Gasteiger charge is 2.43. The van der Waals surface area contributed by atoms with Crippen molar-refractivity contribution >= 4 is 5.91 Å². The van der Waals surface area contributed by atoms with Gasteiger partial charge in [-0.2, -0.15) is 0 Å². The summed E-state index contributed by atoms with van der Waals surface area (Å²) in [5.74, 6) is 0.193. The smallest absolute Gasteiger partial charge is 0.269 e. The van der Waals surface area contributed by atoms with Gasteiger partial charge in [0, 0.05) is 25.1 Å². The van der Waals surface area contributed by atoms with Gasteiger partial charge in [0.05, 0.1) is 6.61 Å². The van der Waals surface area contributed by atoms with Crippen LogP contribution in [0.15, 0.2) is 18.2 Å². The molecule has 3 rings (SSSR count). The Morgan fingerprint density at radius 2 is 2.18 bits per heavy atom. The molecule has 1 N–H and O–H groups in total. The van der Waals surface area contributed by atoms with Crippen LogP contribution in [0, 0.1) is 12.8 Å². The van der Waals surface area contributed by atoms with Crippen molar-refractivity contribution in [2.45, 2.75) is 51.4 Å². The number of nitrogens with zero attached hydrogens (tertiary/aromatic N) is 1. The first-order chi connectivity index (χ1) is 10.6. The Balaban J connectivity index is 1.50. The van der Waals surface area contributed by atoms with Gasteiger partial charge in [0.1, 0.15) is 11.8 Å². The largest absolute Gasteiger partial charge is 0.348 e. The van der Waals surface area contributed by atoms with Crippen molar-refractivity contribution in [1.29, 1.82) is 0 Å². The average Bonchev–Trinajstić information content (AvgIpc) is 2.91. The zero-order chi connectivity index (χ0) is 15.6. The predicted octanol–water partition coefficient (Wildman–Crippen LogP) is 2.44. The normalized spacial score (nSPS) is 31.4. The van der Waals surface area contributed by atoms with E-state index in [1.54, 1.807) is 6.07 Å². The Morgan fingerprint density at radius 1 is 1.41 bits per heavy atom. The van der Waals surface area contributed by atoms with Gasteiger partial charge in [-0.05, 0) is 37.8 Å². The molecule has 1 aliphatic heterocycles. The van der Waals surface area contributed by atoms with Crippen molar-refractivity contribution in [2.24, 2.45) is 5.92 Å². The van der Waals surface area contributed by atoms with Gasteiger partial charge in [0.2, 0.25) is 0 Å². The molecular formula is C17H24N2O3. The van der Waals surface area contributed by atoms with E-state index in [4.69, 9.17) is 9.47 Å². The highest BCUT2D eigenvalue weighted by molar-refractivity contribution is 5.92. The molecular weight excluding hydrogens is 280 g/mol. The first kappa shape index (κ1) is 15.4. The van der Waals surface area contributed by atoms with Crippen molar-refractivity contribution in [3.8, 4) is 0 Å². The molecule has 22 heavy (non-hydrogen) atoms. The lowest BCUT2D eigenvalue weighted by atomic mass is 9.86. The number of rotatable bonds is 3. The standard InChI is InChI=1S/C17H24N2O3/c1-12-6-8-17(9-7-12)21-11-14(22-17)10-18-16(20)15-5-3-4-13(2)19-15/h3-5,12,14H,6-11H2,1-2H3,(H,18,20). The number of ether oxygens (including phenoxy) is 2. The van der Waals surface area contributed by atoms with Crippen LogP contribution in [0.25, 0.3) is 0 Å². The monoisotopic (exact) mass is 304 g/mol. The Morgan fingerprint density at radius 3 is 2.91 bits per heavy atom. The second-order valence-corrected chi connectivity index (χ2v) is 6.52. The molecule has 0 radical (unpaired) electrons. The minimum Gasteiger partial charge on any atom is -0.348 e. The molecule has 1 saturated carbocycles. The van der Waals surface area contributed by atoms with E-state index in [1.807, 2.05) is 19.1 Å². The molecule has 5 heteroatoms. The van der Waals surface area contributed by atoms with Gasteiger partial charge >= 0.3 is 0 Å². The van der Waals surface area contributed by atoms with Crippen LogP contribution in [0.5, 0.6) is 0 Å². The number of pyridine rings is 1. The summed E-state index contributed by atoms with van der Waals surface area (Å²) in [6, 6.07) is 5.43. The molecule has 5 nitrogen and oxygen atoms in total. The number of amides is 1. The molecule has 1 atom stereocenters. The summed E-state index contributed by atoms with van der Waals surface area (Å²) in [7, 11) is 0. The van der Waals surface area contributed by atoms with Crippen LogP contribution in [0.4, 0.5) is 0 Å². The molecule has 0 aromatic carbocycles. The first-order valence-corrected chi connectivity index (χ1v) is 8.10. The summed E-state index contributed by atoms with van der Waals surface area (Å²) in [6.07, 6.45) is 4.14. The second kappa shape index (κ2) is 6.34. The summed E-state index contributed by atoms with van der Waals surface area (Å²) in [5.41, 5.74) is 1.28. The first-order valence-electron chi connectivity index (χ1n) is 8.10. The fourth-order valence-corrected chi connectivity index (χ4v) is 3.15. The molecule has 2 fully saturated rings. The highest BCUT2D eigenvalue weighted by Crippen LogP contribution is 2.39. The van der Waals surface area contributed by atoms with Crippen molar-refractivity contribution in [3.05, 3.63) is 29.6 Å². The van der Waals surface area contributed by atoms with Crippen LogP contribution >= 0.6 is 0 Å². The maximum absolute atomic E-state index is 12.1. The minimum atomic E-state index is -0.399. The van der Waals surface area contributed by atoms with Crippen molar-refractivity contribution in [1.82, 2.24) is 10.3 Å². The summed E-state index contributed by atoms with van der Waals surface area (Å²) in [4.78, 5) is 16.3. The molecule has 1 spiro atoms. The molecule has 2 heterocycles. The summed E-state index contributed by atoms with van der Waals surface area (Å²) >= 11 is 0. The Bertz CT molecular complexity index is 538. The molecule has 120 valence electrons. The van der Waals surface area contributed by atoms with Gasteiger partial charge in [0.15, 0.2) is 5.79 Å². The molecule has 1 amide bonds. The molecule has 1 saturated heterocycles. The number of carbonyl (C=O) groups is 1. The average molecular weight is 304 g/mol. The molecule has 2 aliphatic rings. The quantitative estimate of drug-likeness (QED) is 0.932. The number of nitrogens with one attached hydrogen (secondary N) is 1. The van der Waals surface area contributed by atoms with Gasteiger partial charge in [0.25, 0.3) is 5.91 Å². The van der Waals surface area contributed by atoms with Gasteiger partial charge in [-0.3, -0.25) is 4.79 Å². The maximum atomic E-state index is 12.1. The van der Waals surface area contributed by atoms with Crippen LogP contribution in [-0.2, 0) is 9.47 Å². The zero-order valence-corrected chi connectivity index (χ0v) is 13.3. The van der Waals surface area contributed by atoms with Crippen LogP contribution in [0.3, 0.4) is 0 Å². The Labute approximate surface area is 131 Å². The van der Waals surface area contributed by atoms with Crippen LogP contribution in [-0.4, -0.2) is 35.9 Å². The molecule has 0 bridgehead atoms. The van der Waals surface area contributed by atoms with Crippen molar-refractivity contribution in [2.75, 3.05) is 13.2 Å². The van der Waals surface area contributed by atoms with E-state index in [9.17, 15) is 4.79 Å². The number of hydrogen-bond acceptors (Lipinski definition) is 4. The Kier molecular flexibility index (Phi) is 4.45. The summed E-state index contributed by atoms with van der Waals surface area (Å²) in [5, 5.41) is 2.89. The zero-order valence-electron chi connectivity index (χ0n) is 13.3. The summed E-state index contributed by atoms with van der Waals surface area (Å²) < 4.78 is 12.0. The lowest BCUT2D eigenvalue weighted by Crippen LogP contribution is -2.38. The van der Waals surface area contributed by atoms with Crippen LogP contribution in [0.1, 0.15) is 48.8 Å². The van der Waals surface area contributed by atoms with Crippen molar-refractivity contribution in [3.63, 3.8) is 0 Å². The number of aryl methyl sites for hydroxylation is 1. The maximum Gasteiger partial charge on any atom is 0.269 e. The molecule has 1 aliphatic carbocycles. The van der Waals surface area contributed by atoms with E-state index in [2.05, 4.69) is 17.2 Å².